The fraction of sp³-hybridized carbons (Fsp3) is 0.733. The van der Waals surface area contributed by atoms with E-state index in [1.807, 2.05) is 0 Å². The van der Waals surface area contributed by atoms with Gasteiger partial charge in [-0.15, -0.1) is 35.3 Å². The van der Waals surface area contributed by atoms with Crippen LogP contribution < -0.4 is 10.6 Å². The minimum Gasteiger partial charge on any atom is -0.356 e. The van der Waals surface area contributed by atoms with Crippen molar-refractivity contribution in [1.82, 2.24) is 20.5 Å². The van der Waals surface area contributed by atoms with E-state index in [1.54, 1.807) is 7.05 Å². The maximum atomic E-state index is 12.5. The molecule has 0 saturated carbocycles. The summed E-state index contributed by atoms with van der Waals surface area (Å²) in [7, 11) is 1.67. The molecule has 0 bridgehead atoms. The minimum atomic E-state index is -4.37. The molecular formula is C15H27F3IN5S. The fourth-order valence-corrected chi connectivity index (χ4v) is 3.09. The molecule has 0 fully saturated rings. The lowest BCUT2D eigenvalue weighted by molar-refractivity contribution is -0.140. The number of nitrogens with one attached hydrogen (secondary N) is 2. The summed E-state index contributed by atoms with van der Waals surface area (Å²) in [4.78, 5) is 10.1. The number of rotatable bonds is 8. The molecule has 0 aromatic carbocycles. The van der Waals surface area contributed by atoms with Crippen LogP contribution in [0.25, 0.3) is 0 Å². The van der Waals surface area contributed by atoms with Gasteiger partial charge in [0.1, 0.15) is 0 Å². The van der Waals surface area contributed by atoms with Crippen molar-refractivity contribution in [2.24, 2.45) is 4.99 Å². The number of hydrogen-bond donors (Lipinski definition) is 2. The van der Waals surface area contributed by atoms with Gasteiger partial charge in [-0.05, 0) is 20.0 Å². The average Bonchev–Trinajstić information content (AvgIpc) is 3.01. The lowest BCUT2D eigenvalue weighted by Crippen LogP contribution is -2.46. The number of aliphatic imine (C=N–C) groups is 1. The predicted molar refractivity (Wildman–Crippen MR) is 108 cm³/mol. The second kappa shape index (κ2) is 11.9. The molecule has 0 aliphatic heterocycles. The first-order valence-electron chi connectivity index (χ1n) is 8.01. The van der Waals surface area contributed by atoms with Crippen LogP contribution in [0.3, 0.4) is 0 Å². The van der Waals surface area contributed by atoms with Crippen LogP contribution in [0.15, 0.2) is 10.4 Å². The van der Waals surface area contributed by atoms with Gasteiger partial charge in [0.05, 0.1) is 5.01 Å². The Balaban J connectivity index is 0.00000576. The van der Waals surface area contributed by atoms with Crippen molar-refractivity contribution >= 4 is 41.3 Å². The van der Waals surface area contributed by atoms with Crippen LogP contribution in [0.2, 0.25) is 0 Å². The van der Waals surface area contributed by atoms with Crippen LogP contribution in [-0.4, -0.2) is 55.1 Å². The zero-order valence-corrected chi connectivity index (χ0v) is 18.1. The molecule has 1 aromatic rings. The average molecular weight is 493 g/mol. The molecule has 25 heavy (non-hydrogen) atoms. The van der Waals surface area contributed by atoms with Crippen LogP contribution in [0.5, 0.6) is 0 Å². The zero-order valence-electron chi connectivity index (χ0n) is 15.0. The van der Waals surface area contributed by atoms with Gasteiger partial charge in [0.15, 0.2) is 11.7 Å². The van der Waals surface area contributed by atoms with Crippen molar-refractivity contribution in [2.75, 3.05) is 33.2 Å². The van der Waals surface area contributed by atoms with E-state index in [2.05, 4.69) is 46.3 Å². The summed E-state index contributed by atoms with van der Waals surface area (Å²) in [5.74, 6) is 0.640. The number of thiazole rings is 1. The SMILES string of the molecule is CCN(CC)C(C)CNC(=NC)NCCc1nc(C(F)(F)F)cs1.I. The first-order valence-corrected chi connectivity index (χ1v) is 8.89. The van der Waals surface area contributed by atoms with Crippen LogP contribution in [0.4, 0.5) is 13.2 Å². The standard InChI is InChI=1S/C15H26F3N5S.HI/c1-5-23(6-2)11(3)9-21-14(19-4)20-8-7-13-22-12(10-24-13)15(16,17)18;/h10-11H,5-9H2,1-4H3,(H2,19,20,21);1H. The van der Waals surface area contributed by atoms with E-state index in [1.165, 1.54) is 0 Å². The van der Waals surface area contributed by atoms with E-state index in [9.17, 15) is 13.2 Å². The summed E-state index contributed by atoms with van der Waals surface area (Å²) in [6, 6.07) is 0.367. The van der Waals surface area contributed by atoms with Crippen LogP contribution >= 0.6 is 35.3 Å². The topological polar surface area (TPSA) is 52.5 Å². The third kappa shape index (κ3) is 8.54. The molecule has 1 unspecified atom stereocenters. The zero-order chi connectivity index (χ0) is 18.2. The Bertz CT molecular complexity index is 518. The van der Waals surface area contributed by atoms with Crippen molar-refractivity contribution in [3.63, 3.8) is 0 Å². The molecule has 0 spiro atoms. The molecule has 146 valence electrons. The van der Waals surface area contributed by atoms with Gasteiger partial charge >= 0.3 is 6.18 Å². The van der Waals surface area contributed by atoms with E-state index in [0.717, 1.165) is 36.4 Å². The lowest BCUT2D eigenvalue weighted by atomic mass is 10.3. The van der Waals surface area contributed by atoms with Crippen LogP contribution in [-0.2, 0) is 12.6 Å². The smallest absolute Gasteiger partial charge is 0.356 e. The predicted octanol–water partition coefficient (Wildman–Crippen LogP) is 3.22. The van der Waals surface area contributed by atoms with Crippen molar-refractivity contribution in [3.8, 4) is 0 Å². The summed E-state index contributed by atoms with van der Waals surface area (Å²) in [6.45, 7) is 9.57. The van der Waals surface area contributed by atoms with Gasteiger partial charge in [-0.1, -0.05) is 13.8 Å². The molecule has 1 atom stereocenters. The molecule has 0 saturated heterocycles. The van der Waals surface area contributed by atoms with Crippen molar-refractivity contribution in [3.05, 3.63) is 16.1 Å². The van der Waals surface area contributed by atoms with E-state index in [4.69, 9.17) is 0 Å². The molecule has 10 heteroatoms. The first kappa shape index (κ1) is 24.4. The number of guanidine groups is 1. The molecular weight excluding hydrogens is 466 g/mol. The Hall–Kier alpha value is -0.620. The highest BCUT2D eigenvalue weighted by Gasteiger charge is 2.33. The second-order valence-corrected chi connectivity index (χ2v) is 6.27. The van der Waals surface area contributed by atoms with Gasteiger partial charge in [-0.3, -0.25) is 9.89 Å². The lowest BCUT2D eigenvalue weighted by Gasteiger charge is -2.27. The number of alkyl halides is 3. The number of aromatic nitrogens is 1. The number of likely N-dealkylation sites (N-methyl/N-ethyl adjacent to an activating group) is 1. The molecule has 0 radical (unpaired) electrons. The first-order chi connectivity index (χ1) is 11.3. The minimum absolute atomic E-state index is 0. The third-order valence-electron chi connectivity index (χ3n) is 3.70. The highest BCUT2D eigenvalue weighted by molar-refractivity contribution is 14.0. The van der Waals surface area contributed by atoms with Crippen molar-refractivity contribution in [1.29, 1.82) is 0 Å². The van der Waals surface area contributed by atoms with Crippen molar-refractivity contribution in [2.45, 2.75) is 39.4 Å². The molecule has 1 aromatic heterocycles. The van der Waals surface area contributed by atoms with E-state index < -0.39 is 11.9 Å². The molecule has 0 amide bonds. The summed E-state index contributed by atoms with van der Waals surface area (Å²) >= 11 is 1.03. The normalized spacial score (nSPS) is 13.5. The van der Waals surface area contributed by atoms with Crippen molar-refractivity contribution < 1.29 is 13.2 Å². The van der Waals surface area contributed by atoms with Gasteiger partial charge < -0.3 is 10.6 Å². The quantitative estimate of drug-likeness (QED) is 0.332. The third-order valence-corrected chi connectivity index (χ3v) is 4.61. The van der Waals surface area contributed by atoms with E-state index in [0.29, 0.717) is 30.0 Å². The Morgan fingerprint density at radius 1 is 1.32 bits per heavy atom. The molecule has 5 nitrogen and oxygen atoms in total. The van der Waals surface area contributed by atoms with Gasteiger partial charge in [0.25, 0.3) is 0 Å². The Morgan fingerprint density at radius 2 is 1.96 bits per heavy atom. The number of nitrogens with zero attached hydrogens (tertiary/aromatic N) is 3. The van der Waals surface area contributed by atoms with Gasteiger partial charge in [-0.2, -0.15) is 13.2 Å². The second-order valence-electron chi connectivity index (χ2n) is 5.32. The van der Waals surface area contributed by atoms with Gasteiger partial charge in [0.2, 0.25) is 0 Å². The highest BCUT2D eigenvalue weighted by atomic mass is 127. The largest absolute Gasteiger partial charge is 0.434 e. The maximum Gasteiger partial charge on any atom is 0.434 e. The van der Waals surface area contributed by atoms with Gasteiger partial charge in [0, 0.05) is 38.0 Å². The monoisotopic (exact) mass is 493 g/mol. The summed E-state index contributed by atoms with van der Waals surface area (Å²) in [6.07, 6.45) is -3.95. The van der Waals surface area contributed by atoms with E-state index in [-0.39, 0.29) is 24.0 Å². The summed E-state index contributed by atoms with van der Waals surface area (Å²) in [5, 5.41) is 7.85. The fourth-order valence-electron chi connectivity index (χ4n) is 2.28. The number of hydrogen-bond acceptors (Lipinski definition) is 4. The highest BCUT2D eigenvalue weighted by Crippen LogP contribution is 2.29. The van der Waals surface area contributed by atoms with E-state index >= 15 is 0 Å². The van der Waals surface area contributed by atoms with Crippen LogP contribution in [0.1, 0.15) is 31.5 Å². The van der Waals surface area contributed by atoms with Crippen LogP contribution in [0, 0.1) is 0 Å². The molecule has 1 heterocycles. The molecule has 2 N–H and O–H groups in total. The molecule has 1 rings (SSSR count). The number of halogens is 4. The molecule has 0 aliphatic rings. The summed E-state index contributed by atoms with van der Waals surface area (Å²) < 4.78 is 37.5. The maximum absolute atomic E-state index is 12.5. The Labute approximate surface area is 168 Å². The summed E-state index contributed by atoms with van der Waals surface area (Å²) in [5.41, 5.74) is -0.821. The molecule has 0 aliphatic carbocycles. The Morgan fingerprint density at radius 3 is 2.44 bits per heavy atom. The van der Waals surface area contributed by atoms with Gasteiger partial charge in [-0.25, -0.2) is 4.98 Å². The Kier molecular flexibility index (Phi) is 11.6.